The second-order valence-electron chi connectivity index (χ2n) is 6.02. The molecule has 1 aromatic heterocycles. The van der Waals surface area contributed by atoms with E-state index in [1.54, 1.807) is 24.2 Å². The molecule has 26 heavy (non-hydrogen) atoms. The van der Waals surface area contributed by atoms with E-state index in [0.29, 0.717) is 18.8 Å². The van der Waals surface area contributed by atoms with Gasteiger partial charge in [0, 0.05) is 41.9 Å². The number of carbonyl (C=O) groups is 1. The summed E-state index contributed by atoms with van der Waals surface area (Å²) in [7, 11) is 1.70. The quantitative estimate of drug-likeness (QED) is 0.637. The lowest BCUT2D eigenvalue weighted by Crippen LogP contribution is -2.37. The number of hydrogen-bond donors (Lipinski definition) is 1. The minimum atomic E-state index is -0.0794. The summed E-state index contributed by atoms with van der Waals surface area (Å²) in [6, 6.07) is 10.0. The summed E-state index contributed by atoms with van der Waals surface area (Å²) in [5.41, 5.74) is 10.1. The van der Waals surface area contributed by atoms with Crippen LogP contribution in [0.15, 0.2) is 54.1 Å². The van der Waals surface area contributed by atoms with E-state index in [0.717, 1.165) is 25.9 Å². The van der Waals surface area contributed by atoms with E-state index in [1.165, 1.54) is 17.4 Å². The van der Waals surface area contributed by atoms with Gasteiger partial charge in [0.05, 0.1) is 10.9 Å². The van der Waals surface area contributed by atoms with Crippen molar-refractivity contribution in [3.63, 3.8) is 0 Å². The molecule has 2 heterocycles. The average Bonchev–Trinajstić information content (AvgIpc) is 3.04. The van der Waals surface area contributed by atoms with Crippen molar-refractivity contribution in [2.24, 2.45) is 10.7 Å². The van der Waals surface area contributed by atoms with Crippen molar-refractivity contribution < 1.29 is 4.79 Å². The Morgan fingerprint density at radius 3 is 2.92 bits per heavy atom. The molecule has 134 valence electrons. The fourth-order valence-corrected chi connectivity index (χ4v) is 4.61. The van der Waals surface area contributed by atoms with Gasteiger partial charge < -0.3 is 10.6 Å². The fourth-order valence-electron chi connectivity index (χ4n) is 3.26. The number of nitrogens with zero attached hydrogens (tertiary/aromatic N) is 2. The van der Waals surface area contributed by atoms with Crippen LogP contribution in [0, 0.1) is 0 Å². The predicted molar refractivity (Wildman–Crippen MR) is 110 cm³/mol. The number of amides is 1. The molecule has 0 aliphatic carbocycles. The summed E-state index contributed by atoms with van der Waals surface area (Å²) in [5, 5.41) is 0. The van der Waals surface area contributed by atoms with E-state index in [9.17, 15) is 4.79 Å². The molecular weight excluding hydrogens is 366 g/mol. The maximum atomic E-state index is 12.2. The number of fused-ring (bicyclic) bond motifs is 1. The third-order valence-electron chi connectivity index (χ3n) is 4.46. The number of allylic oxidation sites excluding steroid dienone is 1. The van der Waals surface area contributed by atoms with Gasteiger partial charge in [0.25, 0.3) is 0 Å². The van der Waals surface area contributed by atoms with Crippen molar-refractivity contribution in [3.8, 4) is 0 Å². The van der Waals surface area contributed by atoms with Crippen LogP contribution in [0.25, 0.3) is 5.70 Å². The summed E-state index contributed by atoms with van der Waals surface area (Å²) < 4.78 is 0.729. The molecule has 0 fully saturated rings. The van der Waals surface area contributed by atoms with Gasteiger partial charge in [-0.15, -0.1) is 11.3 Å². The maximum absolute atomic E-state index is 12.2. The molecule has 1 aromatic carbocycles. The molecule has 0 bridgehead atoms. The van der Waals surface area contributed by atoms with Gasteiger partial charge in [-0.05, 0) is 29.3 Å². The van der Waals surface area contributed by atoms with E-state index in [4.69, 9.17) is 17.3 Å². The van der Waals surface area contributed by atoms with Crippen LogP contribution in [-0.2, 0) is 11.3 Å². The summed E-state index contributed by atoms with van der Waals surface area (Å²) >= 11 is 7.80. The van der Waals surface area contributed by atoms with Crippen molar-refractivity contribution >= 4 is 40.8 Å². The molecule has 1 aliphatic rings. The number of hydrogen-bond acceptors (Lipinski definition) is 4. The first kappa shape index (κ1) is 18.4. The third kappa shape index (κ3) is 3.59. The number of benzene rings is 1. The van der Waals surface area contributed by atoms with Crippen LogP contribution < -0.4 is 5.73 Å². The molecule has 2 aromatic rings. The van der Waals surface area contributed by atoms with E-state index in [2.05, 4.69) is 17.6 Å². The highest BCUT2D eigenvalue weighted by molar-refractivity contribution is 7.16. The second-order valence-corrected chi connectivity index (χ2v) is 7.79. The molecule has 1 aliphatic heterocycles. The van der Waals surface area contributed by atoms with Gasteiger partial charge in [-0.1, -0.05) is 42.4 Å². The minimum Gasteiger partial charge on any atom is -0.398 e. The predicted octanol–water partition coefficient (Wildman–Crippen LogP) is 4.06. The zero-order chi connectivity index (χ0) is 18.7. The van der Waals surface area contributed by atoms with Crippen LogP contribution in [0.1, 0.15) is 27.5 Å². The van der Waals surface area contributed by atoms with Gasteiger partial charge in [0.2, 0.25) is 5.91 Å². The molecule has 0 unspecified atom stereocenters. The first-order valence-electron chi connectivity index (χ1n) is 8.21. The van der Waals surface area contributed by atoms with Crippen LogP contribution >= 0.6 is 22.9 Å². The topological polar surface area (TPSA) is 58.7 Å². The number of aliphatic imine (C=N–C) groups is 1. The molecule has 2 N–H and O–H groups in total. The Labute approximate surface area is 162 Å². The lowest BCUT2D eigenvalue weighted by atomic mass is 9.85. The van der Waals surface area contributed by atoms with Crippen LogP contribution in [0.3, 0.4) is 0 Å². The number of halogens is 1. The molecular formula is C20H20ClN3OS. The summed E-state index contributed by atoms with van der Waals surface area (Å²) in [5.74, 6) is -0.0719. The van der Waals surface area contributed by atoms with Crippen molar-refractivity contribution in [2.75, 3.05) is 13.6 Å². The van der Waals surface area contributed by atoms with E-state index < -0.39 is 0 Å². The van der Waals surface area contributed by atoms with Crippen LogP contribution in [0.2, 0.25) is 4.34 Å². The normalized spacial score (nSPS) is 17.4. The number of carbonyl (C=O) groups excluding carboxylic acids is 1. The van der Waals surface area contributed by atoms with Crippen LogP contribution in [0.4, 0.5) is 0 Å². The lowest BCUT2D eigenvalue weighted by molar-refractivity contribution is -0.127. The van der Waals surface area contributed by atoms with Gasteiger partial charge in [-0.3, -0.25) is 9.79 Å². The van der Waals surface area contributed by atoms with Crippen molar-refractivity contribution in [3.05, 3.63) is 75.0 Å². The highest BCUT2D eigenvalue weighted by atomic mass is 35.5. The van der Waals surface area contributed by atoms with Gasteiger partial charge >= 0.3 is 0 Å². The van der Waals surface area contributed by atoms with Crippen LogP contribution in [0.5, 0.6) is 0 Å². The number of thiophene rings is 1. The standard InChI is InChI=1S/C20H20ClN3OS/c1-3-20(25)24-11-16(15-10-19(21)26-18(15)12-24)13-6-4-5-7-14(13)17(22)8-9-23-2/h3-10,16H,1,11-12,22H2,2H3/b17-8-,23-9?/t16-/m1/s1. The van der Waals surface area contributed by atoms with Crippen molar-refractivity contribution in [1.82, 2.24) is 4.90 Å². The summed E-state index contributed by atoms with van der Waals surface area (Å²) in [6.45, 7) is 4.74. The Kier molecular flexibility index (Phi) is 5.59. The Morgan fingerprint density at radius 2 is 2.19 bits per heavy atom. The molecule has 4 nitrogen and oxygen atoms in total. The summed E-state index contributed by atoms with van der Waals surface area (Å²) in [6.07, 6.45) is 4.82. The Balaban J connectivity index is 2.10. The highest BCUT2D eigenvalue weighted by Crippen LogP contribution is 2.41. The molecule has 0 saturated heterocycles. The average molecular weight is 386 g/mol. The fraction of sp³-hybridized carbons (Fsp3) is 0.200. The van der Waals surface area contributed by atoms with Gasteiger partial charge in [0.1, 0.15) is 0 Å². The first-order valence-corrected chi connectivity index (χ1v) is 9.41. The number of nitrogens with two attached hydrogens (primary N) is 1. The SMILES string of the molecule is C=CC(=O)N1Cc2sc(Cl)cc2[C@@H](c2ccccc2/C(N)=C/C=NC)C1. The molecule has 1 atom stereocenters. The largest absolute Gasteiger partial charge is 0.398 e. The molecule has 0 spiro atoms. The second kappa shape index (κ2) is 7.89. The molecule has 0 saturated carbocycles. The molecule has 1 amide bonds. The third-order valence-corrected chi connectivity index (χ3v) is 5.73. The van der Waals surface area contributed by atoms with E-state index >= 15 is 0 Å². The molecule has 6 heteroatoms. The Hall–Kier alpha value is -2.37. The monoisotopic (exact) mass is 385 g/mol. The highest BCUT2D eigenvalue weighted by Gasteiger charge is 2.31. The number of rotatable bonds is 4. The Morgan fingerprint density at radius 1 is 1.42 bits per heavy atom. The summed E-state index contributed by atoms with van der Waals surface area (Å²) in [4.78, 5) is 19.1. The van der Waals surface area contributed by atoms with Gasteiger partial charge in [-0.2, -0.15) is 0 Å². The zero-order valence-corrected chi connectivity index (χ0v) is 16.1. The van der Waals surface area contributed by atoms with Crippen molar-refractivity contribution in [2.45, 2.75) is 12.5 Å². The minimum absolute atomic E-state index is 0.00751. The van der Waals surface area contributed by atoms with Gasteiger partial charge in [-0.25, -0.2) is 0 Å². The van der Waals surface area contributed by atoms with Gasteiger partial charge in [0.15, 0.2) is 0 Å². The zero-order valence-electron chi connectivity index (χ0n) is 14.5. The maximum Gasteiger partial charge on any atom is 0.246 e. The molecule has 0 radical (unpaired) electrons. The van der Waals surface area contributed by atoms with E-state index in [-0.39, 0.29) is 11.8 Å². The van der Waals surface area contributed by atoms with Crippen molar-refractivity contribution in [1.29, 1.82) is 0 Å². The van der Waals surface area contributed by atoms with Crippen LogP contribution in [-0.4, -0.2) is 30.6 Å². The lowest BCUT2D eigenvalue weighted by Gasteiger charge is -2.33. The first-order chi connectivity index (χ1) is 12.5. The van der Waals surface area contributed by atoms with E-state index in [1.807, 2.05) is 24.3 Å². The Bertz CT molecular complexity index is 900. The smallest absolute Gasteiger partial charge is 0.246 e. The molecule has 3 rings (SSSR count).